The van der Waals surface area contributed by atoms with Gasteiger partial charge in [-0.3, -0.25) is 4.79 Å². The fourth-order valence-corrected chi connectivity index (χ4v) is 2.67. The van der Waals surface area contributed by atoms with Gasteiger partial charge in [0, 0.05) is 30.3 Å². The normalized spacial score (nSPS) is 14.2. The molecule has 3 heterocycles. The molecular weight excluding hydrogens is 322 g/mol. The van der Waals surface area contributed by atoms with Crippen molar-refractivity contribution in [1.82, 2.24) is 35.0 Å². The smallest absolute Gasteiger partial charge is 0.252 e. The Balaban J connectivity index is 1.31. The van der Waals surface area contributed by atoms with E-state index in [2.05, 4.69) is 30.5 Å². The maximum atomic E-state index is 12.1. The van der Waals surface area contributed by atoms with Gasteiger partial charge < -0.3 is 9.84 Å². The summed E-state index contributed by atoms with van der Waals surface area (Å²) in [6, 6.07) is 1.92. The molecule has 0 radical (unpaired) electrons. The zero-order valence-electron chi connectivity index (χ0n) is 14.2. The van der Waals surface area contributed by atoms with Gasteiger partial charge in [-0.15, -0.1) is 5.10 Å². The fourth-order valence-electron chi connectivity index (χ4n) is 2.67. The van der Waals surface area contributed by atoms with Crippen LogP contribution in [-0.2, 0) is 17.6 Å². The Bertz CT molecular complexity index is 926. The number of nitrogens with one attached hydrogen (secondary N) is 1. The van der Waals surface area contributed by atoms with E-state index in [0.717, 1.165) is 24.2 Å². The zero-order valence-corrected chi connectivity index (χ0v) is 14.2. The summed E-state index contributed by atoms with van der Waals surface area (Å²) >= 11 is 0. The van der Waals surface area contributed by atoms with Crippen LogP contribution in [0.1, 0.15) is 47.7 Å². The van der Waals surface area contributed by atoms with Crippen molar-refractivity contribution in [2.24, 2.45) is 0 Å². The van der Waals surface area contributed by atoms with E-state index in [1.54, 1.807) is 4.52 Å². The van der Waals surface area contributed by atoms with Gasteiger partial charge in [0.25, 0.3) is 5.78 Å². The predicted octanol–water partition coefficient (Wildman–Crippen LogP) is 0.903. The van der Waals surface area contributed by atoms with Gasteiger partial charge >= 0.3 is 0 Å². The Morgan fingerprint density at radius 1 is 1.28 bits per heavy atom. The van der Waals surface area contributed by atoms with E-state index in [9.17, 15) is 4.79 Å². The number of nitrogens with zero attached hydrogens (tertiary/aromatic N) is 6. The van der Waals surface area contributed by atoms with Gasteiger partial charge in [0.2, 0.25) is 11.8 Å². The van der Waals surface area contributed by atoms with E-state index in [1.165, 1.54) is 0 Å². The van der Waals surface area contributed by atoms with Crippen molar-refractivity contribution in [3.8, 4) is 0 Å². The van der Waals surface area contributed by atoms with Crippen LogP contribution < -0.4 is 5.32 Å². The van der Waals surface area contributed by atoms with Crippen LogP contribution in [0.2, 0.25) is 0 Å². The number of carbonyl (C=O) groups is 1. The van der Waals surface area contributed by atoms with Gasteiger partial charge in [-0.2, -0.15) is 9.97 Å². The van der Waals surface area contributed by atoms with E-state index in [4.69, 9.17) is 4.52 Å². The standard InChI is InChI=1S/C16H19N7O2/c1-9-7-10(2)23-16(18-9)20-13(21-23)8-14(24)17-6-5-12-19-15(25-22-12)11-3-4-11/h7,11H,3-6,8H2,1-2H3,(H,17,24). The third-order valence-electron chi connectivity index (χ3n) is 4.06. The molecule has 9 heteroatoms. The van der Waals surface area contributed by atoms with Crippen LogP contribution in [0.5, 0.6) is 0 Å². The van der Waals surface area contributed by atoms with Crippen molar-refractivity contribution in [1.29, 1.82) is 0 Å². The second-order valence-corrected chi connectivity index (χ2v) is 6.38. The minimum atomic E-state index is -0.142. The molecule has 1 amide bonds. The van der Waals surface area contributed by atoms with Gasteiger partial charge in [0.05, 0.1) is 6.42 Å². The number of hydrogen-bond donors (Lipinski definition) is 1. The highest BCUT2D eigenvalue weighted by Gasteiger charge is 2.29. The number of carbonyl (C=O) groups excluding carboxylic acids is 1. The molecule has 25 heavy (non-hydrogen) atoms. The van der Waals surface area contributed by atoms with Crippen LogP contribution in [0, 0.1) is 13.8 Å². The molecular formula is C16H19N7O2. The molecule has 4 rings (SSSR count). The Morgan fingerprint density at radius 3 is 2.92 bits per heavy atom. The summed E-state index contributed by atoms with van der Waals surface area (Å²) in [6.45, 7) is 4.29. The highest BCUT2D eigenvalue weighted by Crippen LogP contribution is 2.38. The first-order chi connectivity index (χ1) is 12.1. The summed E-state index contributed by atoms with van der Waals surface area (Å²) < 4.78 is 6.84. The molecule has 0 saturated heterocycles. The molecule has 9 nitrogen and oxygen atoms in total. The quantitative estimate of drug-likeness (QED) is 0.709. The first-order valence-electron chi connectivity index (χ1n) is 8.37. The SMILES string of the molecule is Cc1cc(C)n2nc(CC(=O)NCCc3noc(C4CC4)n3)nc2n1. The van der Waals surface area contributed by atoms with Crippen molar-refractivity contribution in [2.45, 2.75) is 45.4 Å². The molecule has 0 spiro atoms. The van der Waals surface area contributed by atoms with Gasteiger partial charge in [-0.1, -0.05) is 5.16 Å². The summed E-state index contributed by atoms with van der Waals surface area (Å²) in [5.41, 5.74) is 1.81. The third kappa shape index (κ3) is 3.49. The lowest BCUT2D eigenvalue weighted by Crippen LogP contribution is -2.27. The highest BCUT2D eigenvalue weighted by atomic mass is 16.5. The average molecular weight is 341 g/mol. The number of hydrogen-bond acceptors (Lipinski definition) is 7. The first-order valence-corrected chi connectivity index (χ1v) is 8.37. The van der Waals surface area contributed by atoms with Crippen LogP contribution in [0.3, 0.4) is 0 Å². The summed E-state index contributed by atoms with van der Waals surface area (Å²) in [7, 11) is 0. The van der Waals surface area contributed by atoms with E-state index in [-0.39, 0.29) is 12.3 Å². The largest absolute Gasteiger partial charge is 0.355 e. The Hall–Kier alpha value is -2.84. The Labute approximate surface area is 143 Å². The molecule has 1 aliphatic rings. The molecule has 0 bridgehead atoms. The third-order valence-corrected chi connectivity index (χ3v) is 4.06. The monoisotopic (exact) mass is 341 g/mol. The molecule has 1 saturated carbocycles. The van der Waals surface area contributed by atoms with Crippen molar-refractivity contribution < 1.29 is 9.32 Å². The number of fused-ring (bicyclic) bond motifs is 1. The molecule has 0 atom stereocenters. The number of amides is 1. The number of rotatable bonds is 6. The maximum absolute atomic E-state index is 12.1. The predicted molar refractivity (Wildman–Crippen MR) is 86.9 cm³/mol. The second kappa shape index (κ2) is 6.23. The Morgan fingerprint density at radius 2 is 2.12 bits per heavy atom. The zero-order chi connectivity index (χ0) is 17.4. The summed E-state index contributed by atoms with van der Waals surface area (Å²) in [5.74, 6) is 2.61. The Kier molecular flexibility index (Phi) is 3.90. The molecule has 0 aliphatic heterocycles. The minimum absolute atomic E-state index is 0.113. The van der Waals surface area contributed by atoms with Gasteiger partial charge in [0.15, 0.2) is 11.6 Å². The molecule has 3 aromatic rings. The van der Waals surface area contributed by atoms with Crippen LogP contribution in [0.15, 0.2) is 10.6 Å². The second-order valence-electron chi connectivity index (χ2n) is 6.38. The highest BCUT2D eigenvalue weighted by molar-refractivity contribution is 5.77. The van der Waals surface area contributed by atoms with Crippen LogP contribution >= 0.6 is 0 Å². The maximum Gasteiger partial charge on any atom is 0.252 e. The van der Waals surface area contributed by atoms with Gasteiger partial charge in [0.1, 0.15) is 0 Å². The summed E-state index contributed by atoms with van der Waals surface area (Å²) in [4.78, 5) is 25.0. The topological polar surface area (TPSA) is 111 Å². The van der Waals surface area contributed by atoms with E-state index >= 15 is 0 Å². The summed E-state index contributed by atoms with van der Waals surface area (Å²) in [6.07, 6.45) is 2.90. The van der Waals surface area contributed by atoms with Crippen LogP contribution in [-0.4, -0.2) is 42.2 Å². The van der Waals surface area contributed by atoms with Crippen molar-refractivity contribution in [2.75, 3.05) is 6.54 Å². The molecule has 3 aromatic heterocycles. The van der Waals surface area contributed by atoms with E-state index in [1.807, 2.05) is 19.9 Å². The summed E-state index contributed by atoms with van der Waals surface area (Å²) in [5, 5.41) is 11.1. The van der Waals surface area contributed by atoms with Crippen LogP contribution in [0.4, 0.5) is 0 Å². The first kappa shape index (κ1) is 15.7. The van der Waals surface area contributed by atoms with Crippen molar-refractivity contribution in [3.63, 3.8) is 0 Å². The average Bonchev–Trinajstić information content (AvgIpc) is 3.16. The molecule has 1 aliphatic carbocycles. The van der Waals surface area contributed by atoms with E-state index < -0.39 is 0 Å². The van der Waals surface area contributed by atoms with Gasteiger partial charge in [-0.05, 0) is 32.8 Å². The van der Waals surface area contributed by atoms with Crippen LogP contribution in [0.25, 0.3) is 5.78 Å². The lowest BCUT2D eigenvalue weighted by Gasteiger charge is -2.00. The molecule has 1 N–H and O–H groups in total. The lowest BCUT2D eigenvalue weighted by molar-refractivity contribution is -0.120. The molecule has 0 unspecified atom stereocenters. The molecule has 1 fully saturated rings. The number of aromatic nitrogens is 6. The van der Waals surface area contributed by atoms with E-state index in [0.29, 0.717) is 42.2 Å². The fraction of sp³-hybridized carbons (Fsp3) is 0.500. The van der Waals surface area contributed by atoms with Crippen molar-refractivity contribution >= 4 is 11.7 Å². The number of aryl methyl sites for hydroxylation is 2. The van der Waals surface area contributed by atoms with Crippen molar-refractivity contribution in [3.05, 3.63) is 35.0 Å². The molecule has 130 valence electrons. The lowest BCUT2D eigenvalue weighted by atomic mass is 10.3. The van der Waals surface area contributed by atoms with Gasteiger partial charge in [-0.25, -0.2) is 9.50 Å². The minimum Gasteiger partial charge on any atom is -0.355 e. The molecule has 0 aromatic carbocycles.